The van der Waals surface area contributed by atoms with Crippen molar-refractivity contribution in [1.29, 1.82) is 0 Å². The monoisotopic (exact) mass is 189 g/mol. The van der Waals surface area contributed by atoms with Gasteiger partial charge in [0.2, 0.25) is 0 Å². The lowest BCUT2D eigenvalue weighted by atomic mass is 10.2. The van der Waals surface area contributed by atoms with Gasteiger partial charge in [0.1, 0.15) is 0 Å². The van der Waals surface area contributed by atoms with Crippen LogP contribution in [0.25, 0.3) is 0 Å². The fourth-order valence-electron chi connectivity index (χ4n) is 1.05. The minimum Gasteiger partial charge on any atom is -0.376 e. The number of hydrogen-bond acceptors (Lipinski definition) is 2. The third-order valence-electron chi connectivity index (χ3n) is 1.71. The highest BCUT2D eigenvalue weighted by molar-refractivity contribution is 5.13. The van der Waals surface area contributed by atoms with Crippen molar-refractivity contribution in [2.45, 2.75) is 13.0 Å². The number of ether oxygens (including phenoxy) is 1. The van der Waals surface area contributed by atoms with Crippen LogP contribution < -0.4 is 5.73 Å². The van der Waals surface area contributed by atoms with Gasteiger partial charge in [-0.2, -0.15) is 0 Å². The molecule has 0 amide bonds. The normalized spacial score (nSPS) is 9.21. The Labute approximate surface area is 85.1 Å². The van der Waals surface area contributed by atoms with Crippen LogP contribution in [0.4, 0.5) is 0 Å². The van der Waals surface area contributed by atoms with E-state index >= 15 is 0 Å². The number of rotatable bonds is 4. The average molecular weight is 189 g/mol. The second kappa shape index (κ2) is 7.14. The number of benzene rings is 1. The van der Waals surface area contributed by atoms with Crippen LogP contribution in [-0.2, 0) is 11.3 Å². The summed E-state index contributed by atoms with van der Waals surface area (Å²) in [7, 11) is 0. The summed E-state index contributed by atoms with van der Waals surface area (Å²) >= 11 is 0. The molecule has 0 fully saturated rings. The van der Waals surface area contributed by atoms with Crippen molar-refractivity contribution in [2.75, 3.05) is 13.2 Å². The quantitative estimate of drug-likeness (QED) is 0.576. The summed E-state index contributed by atoms with van der Waals surface area (Å²) in [6.45, 7) is 1.76. The summed E-state index contributed by atoms with van der Waals surface area (Å²) in [6.07, 6.45) is 0.754. The Morgan fingerprint density at radius 1 is 1.14 bits per heavy atom. The Morgan fingerprint density at radius 3 is 2.64 bits per heavy atom. The van der Waals surface area contributed by atoms with Crippen molar-refractivity contribution >= 4 is 0 Å². The summed E-state index contributed by atoms with van der Waals surface area (Å²) < 4.78 is 5.42. The molecule has 0 aliphatic rings. The molecule has 1 rings (SSSR count). The molecule has 0 heterocycles. The first-order chi connectivity index (χ1) is 6.93. The van der Waals surface area contributed by atoms with E-state index in [0.29, 0.717) is 19.8 Å². The summed E-state index contributed by atoms with van der Waals surface area (Å²) in [5, 5.41) is 0. The second-order valence-electron chi connectivity index (χ2n) is 2.85. The van der Waals surface area contributed by atoms with Gasteiger partial charge in [-0.15, -0.1) is 0 Å². The summed E-state index contributed by atoms with van der Waals surface area (Å²) in [5.41, 5.74) is 6.41. The van der Waals surface area contributed by atoms with Crippen LogP contribution in [0.3, 0.4) is 0 Å². The maximum atomic E-state index is 5.42. The van der Waals surface area contributed by atoms with Crippen molar-refractivity contribution in [3.05, 3.63) is 35.9 Å². The van der Waals surface area contributed by atoms with Gasteiger partial charge in [0, 0.05) is 6.42 Å². The van der Waals surface area contributed by atoms with Gasteiger partial charge < -0.3 is 10.5 Å². The van der Waals surface area contributed by atoms with Crippen molar-refractivity contribution in [3.63, 3.8) is 0 Å². The fourth-order valence-corrected chi connectivity index (χ4v) is 1.05. The first-order valence-corrected chi connectivity index (χ1v) is 4.71. The van der Waals surface area contributed by atoms with Gasteiger partial charge in [-0.3, -0.25) is 0 Å². The molecular formula is C12H15NO. The second-order valence-corrected chi connectivity index (χ2v) is 2.85. The molecule has 0 spiro atoms. The molecule has 1 aromatic carbocycles. The Hall–Kier alpha value is -1.30. The van der Waals surface area contributed by atoms with Crippen molar-refractivity contribution < 1.29 is 4.74 Å². The van der Waals surface area contributed by atoms with Crippen LogP contribution in [0.2, 0.25) is 0 Å². The molecular weight excluding hydrogens is 174 g/mol. The van der Waals surface area contributed by atoms with E-state index in [0.717, 1.165) is 6.42 Å². The Balaban J connectivity index is 2.10. The molecule has 0 aliphatic heterocycles. The molecule has 14 heavy (non-hydrogen) atoms. The van der Waals surface area contributed by atoms with Crippen LogP contribution in [0.1, 0.15) is 12.0 Å². The maximum Gasteiger partial charge on any atom is 0.0717 e. The SMILES string of the molecule is NCC#CCCOCc1ccccc1. The van der Waals surface area contributed by atoms with E-state index in [9.17, 15) is 0 Å². The zero-order chi connectivity index (χ0) is 10.1. The van der Waals surface area contributed by atoms with Crippen LogP contribution >= 0.6 is 0 Å². The third kappa shape index (κ3) is 4.66. The Kier molecular flexibility index (Phi) is 5.49. The van der Waals surface area contributed by atoms with Gasteiger partial charge >= 0.3 is 0 Å². The summed E-state index contributed by atoms with van der Waals surface area (Å²) in [5.74, 6) is 5.72. The van der Waals surface area contributed by atoms with E-state index in [1.807, 2.05) is 30.3 Å². The predicted molar refractivity (Wildman–Crippen MR) is 57.5 cm³/mol. The van der Waals surface area contributed by atoms with Crippen molar-refractivity contribution in [2.24, 2.45) is 5.73 Å². The number of hydrogen-bond donors (Lipinski definition) is 1. The highest BCUT2D eigenvalue weighted by Crippen LogP contribution is 2.00. The maximum absolute atomic E-state index is 5.42. The molecule has 0 bridgehead atoms. The molecule has 74 valence electrons. The highest BCUT2D eigenvalue weighted by Gasteiger charge is 1.89. The molecule has 0 unspecified atom stereocenters. The molecule has 2 heteroatoms. The smallest absolute Gasteiger partial charge is 0.0717 e. The van der Waals surface area contributed by atoms with Gasteiger partial charge in [0.25, 0.3) is 0 Å². The van der Waals surface area contributed by atoms with Crippen LogP contribution in [0, 0.1) is 11.8 Å². The molecule has 2 N–H and O–H groups in total. The predicted octanol–water partition coefficient (Wildman–Crippen LogP) is 1.56. The molecule has 0 aromatic heterocycles. The highest BCUT2D eigenvalue weighted by atomic mass is 16.5. The largest absolute Gasteiger partial charge is 0.376 e. The average Bonchev–Trinajstić information content (AvgIpc) is 2.25. The zero-order valence-corrected chi connectivity index (χ0v) is 8.20. The van der Waals surface area contributed by atoms with E-state index < -0.39 is 0 Å². The molecule has 0 radical (unpaired) electrons. The number of nitrogens with two attached hydrogens (primary N) is 1. The molecule has 0 atom stereocenters. The van der Waals surface area contributed by atoms with Gasteiger partial charge in [-0.05, 0) is 5.56 Å². The third-order valence-corrected chi connectivity index (χ3v) is 1.71. The molecule has 0 saturated heterocycles. The molecule has 1 aromatic rings. The first-order valence-electron chi connectivity index (χ1n) is 4.71. The van der Waals surface area contributed by atoms with E-state index in [-0.39, 0.29) is 0 Å². The molecule has 0 saturated carbocycles. The van der Waals surface area contributed by atoms with Gasteiger partial charge in [0.15, 0.2) is 0 Å². The lowest BCUT2D eigenvalue weighted by molar-refractivity contribution is 0.126. The topological polar surface area (TPSA) is 35.2 Å². The van der Waals surface area contributed by atoms with Gasteiger partial charge in [-0.1, -0.05) is 42.2 Å². The zero-order valence-electron chi connectivity index (χ0n) is 8.20. The lowest BCUT2D eigenvalue weighted by Crippen LogP contribution is -1.96. The standard InChI is InChI=1S/C12H15NO/c13-9-5-2-6-10-14-11-12-7-3-1-4-8-12/h1,3-4,7-8H,6,9-11,13H2. The first kappa shape index (κ1) is 10.8. The van der Waals surface area contributed by atoms with Crippen LogP contribution in [0.5, 0.6) is 0 Å². The van der Waals surface area contributed by atoms with E-state index in [2.05, 4.69) is 11.8 Å². The van der Waals surface area contributed by atoms with Crippen LogP contribution in [-0.4, -0.2) is 13.2 Å². The van der Waals surface area contributed by atoms with E-state index in [4.69, 9.17) is 10.5 Å². The molecule has 2 nitrogen and oxygen atoms in total. The Morgan fingerprint density at radius 2 is 1.93 bits per heavy atom. The fraction of sp³-hybridized carbons (Fsp3) is 0.333. The van der Waals surface area contributed by atoms with Crippen molar-refractivity contribution in [1.82, 2.24) is 0 Å². The van der Waals surface area contributed by atoms with Gasteiger partial charge in [0.05, 0.1) is 19.8 Å². The summed E-state index contributed by atoms with van der Waals surface area (Å²) in [6, 6.07) is 10.1. The Bertz CT molecular complexity index is 297. The van der Waals surface area contributed by atoms with E-state index in [1.165, 1.54) is 5.56 Å². The summed E-state index contributed by atoms with van der Waals surface area (Å²) in [4.78, 5) is 0. The lowest BCUT2D eigenvalue weighted by Gasteiger charge is -2.00. The van der Waals surface area contributed by atoms with E-state index in [1.54, 1.807) is 0 Å². The van der Waals surface area contributed by atoms with Crippen LogP contribution in [0.15, 0.2) is 30.3 Å². The van der Waals surface area contributed by atoms with Crippen molar-refractivity contribution in [3.8, 4) is 11.8 Å². The van der Waals surface area contributed by atoms with Gasteiger partial charge in [-0.25, -0.2) is 0 Å². The minimum absolute atomic E-state index is 0.429. The molecule has 0 aliphatic carbocycles. The minimum atomic E-state index is 0.429.